The summed E-state index contributed by atoms with van der Waals surface area (Å²) in [6.45, 7) is 68.8. The number of alkyl halides is 27. The molecule has 0 heterocycles. The first-order valence-electron chi connectivity index (χ1n) is 38.4. The SMILES string of the molecule is CC.CC(C)(C)C.CC(C)(C)C(F)(F)F.CC(C)C.CC(C)C(F)(F)F.CC1CCC(C(F)(F)F)(C(F)(F)F)CC1.CCC.CCC(C)(C)CC(F)(F)F.CCC(C)(F)CC.CCC(C)C.CCC(C)C(F)(F)F.CCCC.CCCC(C)(F)CCC.CC[C@](C)(F)C(C)C.C[C@@H](CCC(F)(F)F)C(F)(F)F. The van der Waals surface area contributed by atoms with Crippen LogP contribution in [0.1, 0.15) is 392 Å². The van der Waals surface area contributed by atoms with E-state index in [-0.39, 0.29) is 31.1 Å². The maximum atomic E-state index is 13.1. The second-order valence-electron chi connectivity index (χ2n) is 32.5. The van der Waals surface area contributed by atoms with Crippen LogP contribution < -0.4 is 0 Å². The first-order valence-corrected chi connectivity index (χ1v) is 38.4. The topological polar surface area (TPSA) is 0 Å². The van der Waals surface area contributed by atoms with Gasteiger partial charge in [-0.3, -0.25) is 0 Å². The van der Waals surface area contributed by atoms with Crippen molar-refractivity contribution in [3.8, 4) is 0 Å². The lowest BCUT2D eigenvalue weighted by Gasteiger charge is -2.41. The van der Waals surface area contributed by atoms with Crippen LogP contribution in [0.25, 0.3) is 0 Å². The fourth-order valence-electron chi connectivity index (χ4n) is 5.25. The van der Waals surface area contributed by atoms with Gasteiger partial charge in [0.05, 0.1) is 17.3 Å². The molecule has 670 valence electrons. The molecule has 0 bridgehead atoms. The summed E-state index contributed by atoms with van der Waals surface area (Å²) < 4.78 is 321. The minimum Gasteiger partial charge on any atom is -0.244 e. The van der Waals surface area contributed by atoms with Crippen molar-refractivity contribution in [1.82, 2.24) is 0 Å². The van der Waals surface area contributed by atoms with Crippen molar-refractivity contribution in [2.75, 3.05) is 0 Å². The predicted molar refractivity (Wildman–Crippen MR) is 402 cm³/mol. The van der Waals surface area contributed by atoms with Crippen LogP contribution in [0.2, 0.25) is 0 Å². The van der Waals surface area contributed by atoms with Gasteiger partial charge in [0, 0.05) is 18.8 Å². The third-order valence-electron chi connectivity index (χ3n) is 15.2. The van der Waals surface area contributed by atoms with Crippen molar-refractivity contribution in [2.24, 2.45) is 63.1 Å². The Morgan fingerprint density at radius 3 is 0.710 bits per heavy atom. The second kappa shape index (κ2) is 66.4. The van der Waals surface area contributed by atoms with Gasteiger partial charge >= 0.3 is 49.4 Å². The van der Waals surface area contributed by atoms with Crippen molar-refractivity contribution < 1.29 is 119 Å². The molecule has 1 rings (SSSR count). The molecule has 0 aromatic rings. The molecular weight excluding hydrogens is 1470 g/mol. The molecule has 1 aliphatic carbocycles. The Labute approximate surface area is 637 Å². The van der Waals surface area contributed by atoms with Gasteiger partial charge in [-0.1, -0.05) is 287 Å². The van der Waals surface area contributed by atoms with Crippen molar-refractivity contribution in [2.45, 2.75) is 458 Å². The zero-order valence-corrected chi connectivity index (χ0v) is 73.9. The molecule has 0 aromatic heterocycles. The van der Waals surface area contributed by atoms with Gasteiger partial charge in [-0.25, -0.2) is 13.2 Å². The maximum Gasteiger partial charge on any atom is 0.403 e. The third-order valence-corrected chi connectivity index (χ3v) is 15.2. The number of rotatable bonds is 15. The lowest BCUT2D eigenvalue weighted by atomic mass is 9.70. The van der Waals surface area contributed by atoms with Crippen molar-refractivity contribution in [3.63, 3.8) is 0 Å². The van der Waals surface area contributed by atoms with E-state index >= 15 is 0 Å². The molecule has 0 saturated heterocycles. The maximum absolute atomic E-state index is 13.1. The number of halogens is 27. The molecular formula is C80H161F27. The summed E-state index contributed by atoms with van der Waals surface area (Å²) in [5.41, 5.74) is -7.90. The van der Waals surface area contributed by atoms with Crippen molar-refractivity contribution in [3.05, 3.63) is 0 Å². The van der Waals surface area contributed by atoms with Crippen LogP contribution in [0.3, 0.4) is 0 Å². The Hall–Kier alpha value is -1.89. The van der Waals surface area contributed by atoms with Gasteiger partial charge in [-0.05, 0) is 126 Å². The summed E-state index contributed by atoms with van der Waals surface area (Å²) >= 11 is 0. The summed E-state index contributed by atoms with van der Waals surface area (Å²) in [6.07, 6.45) is -29.0. The number of unbranched alkanes of at least 4 members (excludes halogenated alkanes) is 1. The standard InChI is InChI=1S/C9H12F6.C8H17F.C7H13F3.C7H15F.C6H8F6.C6H13F.2C5H9F3.2C5H12.C4H7F3.2C4H10.C3H8.C2H6/c1-6-2-4-7(5-3-6,8(10,11)12)9(13,14)15;1-4-6-8(3,9)7-5-2;1-4-6(2,3)5-7(8,9)10;1-5-7(4,8)6(2)3;1-4(6(10,11)12)2-3-5(7,8)9;1-4-6(3,7)5-2;1-4(2,3)5(6,7)8;1-3-4(2)5(6,7)8;1-5(2,3)4;1-4-5(2)3;1-3(2)4(5,6)7;1-4(2)3;1-3-4-2;1-3-2;1-2/h6H,2-5H2,1H3;4-7H2,1-3H3;4-5H2,1-3H3;6H,5H2,1-4H3;4H,2-3H2,1H3;4-5H2,1-3H3;1-3H3;4H,3H2,1-2H3;1-4H3;5H,4H2,1-3H3;3H,1-2H3;4H,1-3H3;3-4H2,1-2H3;3H2,1-2H3;1-2H3/t;;;7-;4-;;;;;;;;;;/m...00........../s1. The van der Waals surface area contributed by atoms with Crippen molar-refractivity contribution >= 4 is 0 Å². The summed E-state index contributed by atoms with van der Waals surface area (Å²) in [4.78, 5) is 0. The Kier molecular flexibility index (Phi) is 85.2. The summed E-state index contributed by atoms with van der Waals surface area (Å²) in [7, 11) is 0. The fourth-order valence-corrected chi connectivity index (χ4v) is 5.25. The first-order chi connectivity index (χ1) is 46.7. The van der Waals surface area contributed by atoms with Crippen LogP contribution in [-0.2, 0) is 0 Å². The molecule has 1 fully saturated rings. The predicted octanol–water partition coefficient (Wildman–Crippen LogP) is 37.3. The molecule has 107 heavy (non-hydrogen) atoms. The van der Waals surface area contributed by atoms with Crippen LogP contribution in [0.4, 0.5) is 119 Å². The lowest BCUT2D eigenvalue weighted by Crippen LogP contribution is -2.51. The highest BCUT2D eigenvalue weighted by Crippen LogP contribution is 2.59. The van der Waals surface area contributed by atoms with Crippen LogP contribution in [0.5, 0.6) is 0 Å². The molecule has 0 nitrogen and oxygen atoms in total. The summed E-state index contributed by atoms with van der Waals surface area (Å²) in [5, 5.41) is 0. The zero-order chi connectivity index (χ0) is 90.7. The highest BCUT2D eigenvalue weighted by molar-refractivity contribution is 4.96. The molecule has 0 radical (unpaired) electrons. The Balaban J connectivity index is -0.0000000737. The first kappa shape index (κ1) is 137. The van der Waals surface area contributed by atoms with E-state index in [4.69, 9.17) is 0 Å². The Morgan fingerprint density at radius 2 is 0.617 bits per heavy atom. The second-order valence-corrected chi connectivity index (χ2v) is 32.5. The Bertz CT molecular complexity index is 1740. The van der Waals surface area contributed by atoms with E-state index in [0.29, 0.717) is 43.9 Å². The Morgan fingerprint density at radius 1 is 0.355 bits per heavy atom. The summed E-state index contributed by atoms with van der Waals surface area (Å²) in [5.74, 6) is -2.43. The largest absolute Gasteiger partial charge is 0.403 e. The molecule has 0 aliphatic heterocycles. The molecule has 27 heteroatoms. The van der Waals surface area contributed by atoms with Crippen LogP contribution in [0.15, 0.2) is 0 Å². The average Bonchev–Trinajstić information content (AvgIpc) is 0.752. The average molecular weight is 1640 g/mol. The monoisotopic (exact) mass is 1640 g/mol. The third kappa shape index (κ3) is 113. The molecule has 0 aromatic carbocycles. The lowest BCUT2D eigenvalue weighted by molar-refractivity contribution is -0.351. The minimum atomic E-state index is -5.19. The van der Waals surface area contributed by atoms with E-state index in [1.54, 1.807) is 48.5 Å². The van der Waals surface area contributed by atoms with Gasteiger partial charge in [0.2, 0.25) is 0 Å². The smallest absolute Gasteiger partial charge is 0.244 e. The van der Waals surface area contributed by atoms with Gasteiger partial charge in [0.25, 0.3) is 0 Å². The molecule has 0 amide bonds. The van der Waals surface area contributed by atoms with Crippen LogP contribution in [0, 0.1) is 63.1 Å². The van der Waals surface area contributed by atoms with Crippen LogP contribution in [-0.4, -0.2) is 66.4 Å². The van der Waals surface area contributed by atoms with Gasteiger partial charge in [0.15, 0.2) is 5.41 Å². The van der Waals surface area contributed by atoms with Gasteiger partial charge in [-0.2, -0.15) is 105 Å². The van der Waals surface area contributed by atoms with Gasteiger partial charge in [0.1, 0.15) is 17.0 Å². The molecule has 1 aliphatic rings. The van der Waals surface area contributed by atoms with Gasteiger partial charge < -0.3 is 0 Å². The number of hydrogen-bond donors (Lipinski definition) is 0. The molecule has 0 N–H and O–H groups in total. The van der Waals surface area contributed by atoms with Crippen molar-refractivity contribution in [1.29, 1.82) is 0 Å². The minimum absolute atomic E-state index is 0.0149. The van der Waals surface area contributed by atoms with Crippen LogP contribution >= 0.6 is 0 Å². The highest BCUT2D eigenvalue weighted by atomic mass is 19.4. The van der Waals surface area contributed by atoms with E-state index in [1.807, 2.05) is 62.3 Å². The van der Waals surface area contributed by atoms with Gasteiger partial charge in [-0.15, -0.1) is 0 Å². The van der Waals surface area contributed by atoms with E-state index in [2.05, 4.69) is 96.9 Å². The highest BCUT2D eigenvalue weighted by Gasteiger charge is 2.70. The quantitative estimate of drug-likeness (QED) is 0.143. The molecule has 1 saturated carbocycles. The zero-order valence-electron chi connectivity index (χ0n) is 73.9. The van der Waals surface area contributed by atoms with E-state index in [9.17, 15) is 119 Å². The van der Waals surface area contributed by atoms with E-state index in [1.165, 1.54) is 39.5 Å². The van der Waals surface area contributed by atoms with E-state index < -0.39 is 133 Å². The normalized spacial score (nSPS) is 14.7. The summed E-state index contributed by atoms with van der Waals surface area (Å²) in [6, 6.07) is 0. The number of hydrogen-bond acceptors (Lipinski definition) is 0. The molecule has 0 spiro atoms. The molecule has 1 unspecified atom stereocenters. The van der Waals surface area contributed by atoms with E-state index in [0.717, 1.165) is 66.2 Å². The fraction of sp³-hybridized carbons (Fsp3) is 1.00. The molecule has 3 atom stereocenters.